The minimum atomic E-state index is -0.598. The van der Waals surface area contributed by atoms with Gasteiger partial charge >= 0.3 is 0 Å². The molecule has 3 atom stereocenters. The number of rotatable bonds is 6. The first kappa shape index (κ1) is 16.3. The van der Waals surface area contributed by atoms with Gasteiger partial charge in [0.15, 0.2) is 11.5 Å². The molecule has 0 aliphatic heterocycles. The highest BCUT2D eigenvalue weighted by Gasteiger charge is 2.25. The summed E-state index contributed by atoms with van der Waals surface area (Å²) < 4.78 is 11.3. The summed E-state index contributed by atoms with van der Waals surface area (Å²) >= 11 is 3.46. The zero-order valence-corrected chi connectivity index (χ0v) is 13.4. The van der Waals surface area contributed by atoms with Crippen molar-refractivity contribution in [2.24, 2.45) is 11.7 Å². The smallest absolute Gasteiger partial charge is 0.161 e. The molecule has 0 bridgehead atoms. The van der Waals surface area contributed by atoms with Crippen molar-refractivity contribution in [2.45, 2.75) is 32.4 Å². The van der Waals surface area contributed by atoms with Crippen LogP contribution in [0.3, 0.4) is 0 Å². The molecule has 1 aromatic rings. The lowest BCUT2D eigenvalue weighted by atomic mass is 9.91. The van der Waals surface area contributed by atoms with Gasteiger partial charge in [-0.2, -0.15) is 0 Å². The maximum Gasteiger partial charge on any atom is 0.161 e. The monoisotopic (exact) mass is 331 g/mol. The highest BCUT2D eigenvalue weighted by molar-refractivity contribution is 9.10. The molecule has 108 valence electrons. The number of aliphatic hydroxyl groups excluding tert-OH is 1. The van der Waals surface area contributed by atoms with Crippen molar-refractivity contribution in [3.63, 3.8) is 0 Å². The van der Waals surface area contributed by atoms with Crippen LogP contribution in [0.2, 0.25) is 0 Å². The van der Waals surface area contributed by atoms with E-state index in [1.54, 1.807) is 26.4 Å². The summed E-state index contributed by atoms with van der Waals surface area (Å²) in [7, 11) is 3.16. The second-order valence-corrected chi connectivity index (χ2v) is 5.48. The molecule has 0 heterocycles. The van der Waals surface area contributed by atoms with Gasteiger partial charge in [0.2, 0.25) is 0 Å². The van der Waals surface area contributed by atoms with Crippen molar-refractivity contribution in [2.75, 3.05) is 14.2 Å². The standard InChI is InChI=1S/C14H22BrNO3/c1-5-8(2)14(17)13(16)9-6-11(18-3)12(19-4)7-10(9)15/h6-8,13-14,17H,5,16H2,1-4H3/t8?,13-,14+/m0/s1. The first-order valence-electron chi connectivity index (χ1n) is 6.31. The van der Waals surface area contributed by atoms with Gasteiger partial charge in [-0.3, -0.25) is 0 Å². The predicted octanol–water partition coefficient (Wildman–Crippen LogP) is 2.87. The van der Waals surface area contributed by atoms with Crippen LogP contribution < -0.4 is 15.2 Å². The van der Waals surface area contributed by atoms with Crippen molar-refractivity contribution < 1.29 is 14.6 Å². The number of benzene rings is 1. The summed E-state index contributed by atoms with van der Waals surface area (Å²) in [5.74, 6) is 1.37. The second-order valence-electron chi connectivity index (χ2n) is 4.63. The number of ether oxygens (including phenoxy) is 2. The molecule has 19 heavy (non-hydrogen) atoms. The second kappa shape index (κ2) is 7.12. The molecular formula is C14H22BrNO3. The minimum Gasteiger partial charge on any atom is -0.493 e. The normalized spacial score (nSPS) is 15.7. The van der Waals surface area contributed by atoms with Crippen LogP contribution in [0.1, 0.15) is 31.9 Å². The van der Waals surface area contributed by atoms with Crippen LogP contribution in [-0.4, -0.2) is 25.4 Å². The van der Waals surface area contributed by atoms with Crippen LogP contribution in [0, 0.1) is 5.92 Å². The van der Waals surface area contributed by atoms with Crippen molar-refractivity contribution >= 4 is 15.9 Å². The molecule has 5 heteroatoms. The number of hydrogen-bond donors (Lipinski definition) is 2. The average Bonchev–Trinajstić information content (AvgIpc) is 2.44. The Labute approximate surface area is 123 Å². The maximum absolute atomic E-state index is 10.2. The fraction of sp³-hybridized carbons (Fsp3) is 0.571. The highest BCUT2D eigenvalue weighted by atomic mass is 79.9. The average molecular weight is 332 g/mol. The van der Waals surface area contributed by atoms with Crippen LogP contribution in [0.5, 0.6) is 11.5 Å². The summed E-state index contributed by atoms with van der Waals surface area (Å²) in [4.78, 5) is 0. The number of nitrogens with two attached hydrogens (primary N) is 1. The van der Waals surface area contributed by atoms with Gasteiger partial charge in [0, 0.05) is 4.47 Å². The Morgan fingerprint density at radius 3 is 2.26 bits per heavy atom. The molecular weight excluding hydrogens is 310 g/mol. The molecule has 0 aromatic heterocycles. The van der Waals surface area contributed by atoms with Gasteiger partial charge in [0.1, 0.15) is 0 Å². The largest absolute Gasteiger partial charge is 0.493 e. The Hall–Kier alpha value is -0.780. The molecule has 1 aromatic carbocycles. The molecule has 0 aliphatic rings. The first-order valence-corrected chi connectivity index (χ1v) is 7.10. The van der Waals surface area contributed by atoms with Crippen LogP contribution in [0.25, 0.3) is 0 Å². The van der Waals surface area contributed by atoms with E-state index in [1.165, 1.54) is 0 Å². The van der Waals surface area contributed by atoms with E-state index in [0.717, 1.165) is 16.5 Å². The fourth-order valence-corrected chi connectivity index (χ4v) is 2.49. The number of methoxy groups -OCH3 is 2. The lowest BCUT2D eigenvalue weighted by Crippen LogP contribution is -2.31. The third-order valence-corrected chi connectivity index (χ3v) is 4.14. The predicted molar refractivity (Wildman–Crippen MR) is 79.6 cm³/mol. The molecule has 0 saturated carbocycles. The first-order chi connectivity index (χ1) is 8.96. The number of hydrogen-bond acceptors (Lipinski definition) is 4. The van der Waals surface area contributed by atoms with Crippen LogP contribution >= 0.6 is 15.9 Å². The summed E-state index contributed by atoms with van der Waals surface area (Å²) in [5, 5.41) is 10.2. The van der Waals surface area contributed by atoms with E-state index in [9.17, 15) is 5.11 Å². The third-order valence-electron chi connectivity index (χ3n) is 3.46. The summed E-state index contributed by atoms with van der Waals surface area (Å²) in [6.45, 7) is 4.02. The van der Waals surface area contributed by atoms with Gasteiger partial charge in [-0.25, -0.2) is 0 Å². The third kappa shape index (κ3) is 3.61. The Balaban J connectivity index is 3.12. The molecule has 0 radical (unpaired) electrons. The molecule has 0 aliphatic carbocycles. The van der Waals surface area contributed by atoms with Gasteiger partial charge in [-0.1, -0.05) is 36.2 Å². The topological polar surface area (TPSA) is 64.7 Å². The molecule has 1 rings (SSSR count). The quantitative estimate of drug-likeness (QED) is 0.841. The van der Waals surface area contributed by atoms with Gasteiger partial charge in [-0.05, 0) is 23.6 Å². The van der Waals surface area contributed by atoms with Crippen LogP contribution in [-0.2, 0) is 0 Å². The zero-order chi connectivity index (χ0) is 14.6. The Kier molecular flexibility index (Phi) is 6.10. The van der Waals surface area contributed by atoms with Crippen molar-refractivity contribution in [1.82, 2.24) is 0 Å². The maximum atomic E-state index is 10.2. The van der Waals surface area contributed by atoms with E-state index in [1.807, 2.05) is 13.8 Å². The van der Waals surface area contributed by atoms with Crippen molar-refractivity contribution in [3.8, 4) is 11.5 Å². The van der Waals surface area contributed by atoms with Gasteiger partial charge in [0.05, 0.1) is 26.4 Å². The molecule has 1 unspecified atom stereocenters. The summed E-state index contributed by atoms with van der Waals surface area (Å²) in [6, 6.07) is 3.14. The van der Waals surface area contributed by atoms with Crippen LogP contribution in [0.15, 0.2) is 16.6 Å². The van der Waals surface area contributed by atoms with E-state index >= 15 is 0 Å². The van der Waals surface area contributed by atoms with E-state index in [0.29, 0.717) is 11.5 Å². The molecule has 0 saturated heterocycles. The molecule has 0 amide bonds. The van der Waals surface area contributed by atoms with E-state index in [4.69, 9.17) is 15.2 Å². The Morgan fingerprint density at radius 2 is 1.79 bits per heavy atom. The van der Waals surface area contributed by atoms with Crippen molar-refractivity contribution in [1.29, 1.82) is 0 Å². The molecule has 4 nitrogen and oxygen atoms in total. The summed E-state index contributed by atoms with van der Waals surface area (Å²) in [6.07, 6.45) is 0.277. The van der Waals surface area contributed by atoms with Crippen LogP contribution in [0.4, 0.5) is 0 Å². The van der Waals surface area contributed by atoms with Gasteiger partial charge < -0.3 is 20.3 Å². The minimum absolute atomic E-state index is 0.134. The van der Waals surface area contributed by atoms with E-state index in [2.05, 4.69) is 15.9 Å². The fourth-order valence-electron chi connectivity index (χ4n) is 1.90. The molecule has 0 spiro atoms. The highest BCUT2D eigenvalue weighted by Crippen LogP contribution is 2.37. The van der Waals surface area contributed by atoms with E-state index in [-0.39, 0.29) is 5.92 Å². The zero-order valence-electron chi connectivity index (χ0n) is 11.8. The number of aliphatic hydroxyl groups is 1. The lowest BCUT2D eigenvalue weighted by Gasteiger charge is -2.25. The van der Waals surface area contributed by atoms with Crippen molar-refractivity contribution in [3.05, 3.63) is 22.2 Å². The lowest BCUT2D eigenvalue weighted by molar-refractivity contribution is 0.0876. The molecule has 0 fully saturated rings. The van der Waals surface area contributed by atoms with Gasteiger partial charge in [-0.15, -0.1) is 0 Å². The summed E-state index contributed by atoms with van der Waals surface area (Å²) in [5.41, 5.74) is 6.97. The van der Waals surface area contributed by atoms with Gasteiger partial charge in [0.25, 0.3) is 0 Å². The molecule has 3 N–H and O–H groups in total. The SMILES string of the molecule is CCC(C)[C@@H](O)[C@@H](N)c1cc(OC)c(OC)cc1Br. The Bertz CT molecular complexity index is 425. The van der Waals surface area contributed by atoms with E-state index < -0.39 is 12.1 Å². The number of halogens is 1. The Morgan fingerprint density at radius 1 is 1.26 bits per heavy atom.